The highest BCUT2D eigenvalue weighted by Crippen LogP contribution is 2.22. The van der Waals surface area contributed by atoms with Gasteiger partial charge in [-0.15, -0.1) is 0 Å². The van der Waals surface area contributed by atoms with Crippen molar-refractivity contribution in [3.63, 3.8) is 0 Å². The summed E-state index contributed by atoms with van der Waals surface area (Å²) in [6, 6.07) is 11.8. The highest BCUT2D eigenvalue weighted by Gasteiger charge is 2.09. The number of hydrogen-bond donors (Lipinski definition) is 1. The third-order valence-corrected chi connectivity index (χ3v) is 4.10. The van der Waals surface area contributed by atoms with Gasteiger partial charge in [0.25, 0.3) is 0 Å². The summed E-state index contributed by atoms with van der Waals surface area (Å²) in [7, 11) is 0. The van der Waals surface area contributed by atoms with E-state index in [-0.39, 0.29) is 0 Å². The van der Waals surface area contributed by atoms with E-state index >= 15 is 0 Å². The number of nitrogens with zero attached hydrogens (tertiary/aromatic N) is 3. The van der Waals surface area contributed by atoms with Crippen LogP contribution in [0.15, 0.2) is 73.6 Å². The number of hydrogen-bond acceptors (Lipinski definition) is 3. The van der Waals surface area contributed by atoms with Gasteiger partial charge in [0.2, 0.25) is 0 Å². The molecule has 3 heterocycles. The number of H-pyrrole nitrogens is 1. The summed E-state index contributed by atoms with van der Waals surface area (Å²) in [5.41, 5.74) is 3.23. The Labute approximate surface area is 139 Å². The van der Waals surface area contributed by atoms with E-state index in [2.05, 4.69) is 38.2 Å². The van der Waals surface area contributed by atoms with Crippen molar-refractivity contribution in [2.24, 2.45) is 0 Å². The van der Waals surface area contributed by atoms with Gasteiger partial charge in [-0.25, -0.2) is 4.98 Å². The Balaban J connectivity index is 1.49. The number of rotatable bonds is 3. The third kappa shape index (κ3) is 2.81. The van der Waals surface area contributed by atoms with Crippen molar-refractivity contribution in [3.05, 3.63) is 84.2 Å². The van der Waals surface area contributed by atoms with Crippen LogP contribution in [0.3, 0.4) is 0 Å². The van der Waals surface area contributed by atoms with E-state index in [1.54, 1.807) is 6.20 Å². The fourth-order valence-electron chi connectivity index (χ4n) is 2.65. The van der Waals surface area contributed by atoms with Crippen molar-refractivity contribution in [2.45, 2.75) is 6.54 Å². The maximum atomic E-state index is 5.93. The van der Waals surface area contributed by atoms with Crippen LogP contribution in [0.1, 0.15) is 5.56 Å². The van der Waals surface area contributed by atoms with Gasteiger partial charge < -0.3 is 14.8 Å². The molecule has 4 rings (SSSR count). The zero-order chi connectivity index (χ0) is 15.6. The van der Waals surface area contributed by atoms with Crippen LogP contribution in [-0.2, 0) is 6.54 Å². The van der Waals surface area contributed by atoms with Gasteiger partial charge in [0, 0.05) is 59.8 Å². The molecule has 0 aliphatic carbocycles. The Morgan fingerprint density at radius 2 is 1.78 bits per heavy atom. The van der Waals surface area contributed by atoms with Crippen LogP contribution < -0.4 is 4.90 Å². The molecule has 0 bridgehead atoms. The molecule has 1 aromatic carbocycles. The van der Waals surface area contributed by atoms with Gasteiger partial charge in [-0.1, -0.05) is 11.6 Å². The molecule has 0 atom stereocenters. The van der Waals surface area contributed by atoms with Gasteiger partial charge in [0.15, 0.2) is 0 Å². The van der Waals surface area contributed by atoms with E-state index in [4.69, 9.17) is 11.6 Å². The van der Waals surface area contributed by atoms with Gasteiger partial charge >= 0.3 is 0 Å². The summed E-state index contributed by atoms with van der Waals surface area (Å²) in [6.07, 6.45) is 12.0. The topological polar surface area (TPSA) is 35.2 Å². The van der Waals surface area contributed by atoms with Crippen LogP contribution in [0.2, 0.25) is 5.02 Å². The van der Waals surface area contributed by atoms with E-state index in [9.17, 15) is 0 Å². The lowest BCUT2D eigenvalue weighted by atomic mass is 10.2. The molecule has 0 saturated carbocycles. The first-order valence-corrected chi connectivity index (χ1v) is 7.75. The zero-order valence-electron chi connectivity index (χ0n) is 12.4. The minimum Gasteiger partial charge on any atom is -0.347 e. The molecule has 1 aliphatic heterocycles. The summed E-state index contributed by atoms with van der Waals surface area (Å²) in [6.45, 7) is 0.799. The van der Waals surface area contributed by atoms with Crippen LogP contribution in [-0.4, -0.2) is 14.9 Å². The predicted octanol–water partition coefficient (Wildman–Crippen LogP) is 4.48. The molecule has 0 amide bonds. The normalized spacial score (nSPS) is 14.0. The molecule has 1 N–H and O–H groups in total. The van der Waals surface area contributed by atoms with Crippen LogP contribution >= 0.6 is 11.6 Å². The number of fused-ring (bicyclic) bond motifs is 1. The maximum absolute atomic E-state index is 5.93. The van der Waals surface area contributed by atoms with Crippen molar-refractivity contribution in [3.8, 4) is 0 Å². The van der Waals surface area contributed by atoms with Gasteiger partial charge in [0.05, 0.1) is 0 Å². The number of pyridine rings is 1. The lowest BCUT2D eigenvalue weighted by molar-refractivity contribution is 0.495. The van der Waals surface area contributed by atoms with E-state index < -0.39 is 0 Å². The predicted molar refractivity (Wildman–Crippen MR) is 93.8 cm³/mol. The highest BCUT2D eigenvalue weighted by molar-refractivity contribution is 6.30. The Morgan fingerprint density at radius 1 is 1.00 bits per heavy atom. The summed E-state index contributed by atoms with van der Waals surface area (Å²) in [4.78, 5) is 11.7. The minimum absolute atomic E-state index is 0.744. The number of halogens is 1. The monoisotopic (exact) mass is 322 g/mol. The van der Waals surface area contributed by atoms with Crippen molar-refractivity contribution in [1.82, 2.24) is 14.9 Å². The summed E-state index contributed by atoms with van der Waals surface area (Å²) >= 11 is 5.93. The molecule has 2 aromatic heterocycles. The van der Waals surface area contributed by atoms with Crippen molar-refractivity contribution in [2.75, 3.05) is 4.90 Å². The van der Waals surface area contributed by atoms with Crippen LogP contribution in [0, 0.1) is 0 Å². The number of benzene rings is 1. The molecule has 0 radical (unpaired) electrons. The largest absolute Gasteiger partial charge is 0.347 e. The molecule has 0 unspecified atom stereocenters. The first-order valence-electron chi connectivity index (χ1n) is 7.37. The van der Waals surface area contributed by atoms with Crippen LogP contribution in [0.5, 0.6) is 0 Å². The second-order valence-corrected chi connectivity index (χ2v) is 5.80. The molecule has 0 fully saturated rings. The Morgan fingerprint density at radius 3 is 2.57 bits per heavy atom. The lowest BCUT2D eigenvalue weighted by Crippen LogP contribution is -2.19. The number of anilines is 1. The Hall–Kier alpha value is -2.72. The van der Waals surface area contributed by atoms with Crippen LogP contribution in [0.25, 0.3) is 11.0 Å². The van der Waals surface area contributed by atoms with E-state index in [0.717, 1.165) is 28.3 Å². The first-order chi connectivity index (χ1) is 11.3. The quantitative estimate of drug-likeness (QED) is 0.772. The molecular formula is C18H15ClN4. The van der Waals surface area contributed by atoms with Gasteiger partial charge in [0.1, 0.15) is 5.65 Å². The second kappa shape index (κ2) is 5.82. The number of aromatic nitrogens is 2. The highest BCUT2D eigenvalue weighted by atomic mass is 35.5. The number of aromatic amines is 1. The van der Waals surface area contributed by atoms with E-state index in [1.165, 1.54) is 5.56 Å². The SMILES string of the molecule is Clc1ccc(N2C=CN(Cc3c[nH]c4ncccc34)C=C2)cc1. The zero-order valence-corrected chi connectivity index (χ0v) is 13.1. The average Bonchev–Trinajstić information content (AvgIpc) is 3.00. The van der Waals surface area contributed by atoms with E-state index in [1.807, 2.05) is 48.9 Å². The first kappa shape index (κ1) is 13.9. The minimum atomic E-state index is 0.744. The molecule has 0 spiro atoms. The average molecular weight is 323 g/mol. The molecule has 3 aromatic rings. The summed E-state index contributed by atoms with van der Waals surface area (Å²) in [5.74, 6) is 0. The maximum Gasteiger partial charge on any atom is 0.137 e. The number of nitrogens with one attached hydrogen (secondary N) is 1. The summed E-state index contributed by atoms with van der Waals surface area (Å²) < 4.78 is 0. The molecule has 5 heteroatoms. The third-order valence-electron chi connectivity index (χ3n) is 3.85. The van der Waals surface area contributed by atoms with Crippen molar-refractivity contribution in [1.29, 1.82) is 0 Å². The Kier molecular flexibility index (Phi) is 3.52. The molecule has 1 aliphatic rings. The molecule has 4 nitrogen and oxygen atoms in total. The lowest BCUT2D eigenvalue weighted by Gasteiger charge is -2.25. The van der Waals surface area contributed by atoms with Crippen molar-refractivity contribution < 1.29 is 0 Å². The standard InChI is InChI=1S/C18H15ClN4/c19-15-3-5-16(6-4-15)23-10-8-22(9-11-23)13-14-12-21-18-17(14)2-1-7-20-18/h1-12H,13H2,(H,20,21). The summed E-state index contributed by atoms with van der Waals surface area (Å²) in [5, 5.41) is 1.91. The van der Waals surface area contributed by atoms with E-state index in [0.29, 0.717) is 0 Å². The van der Waals surface area contributed by atoms with Gasteiger partial charge in [-0.2, -0.15) is 0 Å². The fourth-order valence-corrected chi connectivity index (χ4v) is 2.77. The molecule has 23 heavy (non-hydrogen) atoms. The van der Waals surface area contributed by atoms with Gasteiger partial charge in [-0.3, -0.25) is 0 Å². The van der Waals surface area contributed by atoms with Gasteiger partial charge in [-0.05, 0) is 42.0 Å². The second-order valence-electron chi connectivity index (χ2n) is 5.37. The molecule has 0 saturated heterocycles. The fraction of sp³-hybridized carbons (Fsp3) is 0.0556. The van der Waals surface area contributed by atoms with Crippen molar-refractivity contribution >= 4 is 28.3 Å². The molecule has 114 valence electrons. The molecular weight excluding hydrogens is 308 g/mol. The smallest absolute Gasteiger partial charge is 0.137 e. The Bertz CT molecular complexity index is 865. The van der Waals surface area contributed by atoms with Crippen LogP contribution in [0.4, 0.5) is 5.69 Å².